The van der Waals surface area contributed by atoms with Crippen LogP contribution in [0, 0.1) is 17.6 Å². The molecule has 0 spiro atoms. The van der Waals surface area contributed by atoms with E-state index in [1.807, 2.05) is 0 Å². The van der Waals surface area contributed by atoms with Gasteiger partial charge in [0.1, 0.15) is 23.9 Å². The summed E-state index contributed by atoms with van der Waals surface area (Å²) in [5, 5.41) is 3.39. The Kier molecular flexibility index (Phi) is 5.91. The molecular weight excluding hydrogens is 516 g/mol. The van der Waals surface area contributed by atoms with E-state index >= 15 is 4.39 Å². The zero-order chi connectivity index (χ0) is 26.5. The highest BCUT2D eigenvalue weighted by Crippen LogP contribution is 2.66. The van der Waals surface area contributed by atoms with E-state index in [0.717, 1.165) is 12.5 Å². The minimum atomic E-state index is -1.06. The van der Waals surface area contributed by atoms with Crippen molar-refractivity contribution in [2.75, 3.05) is 19.0 Å². The molecule has 3 aromatic heterocycles. The molecule has 0 amide bonds. The number of pyridine rings is 1. The first-order valence-electron chi connectivity index (χ1n) is 11.7. The summed E-state index contributed by atoms with van der Waals surface area (Å²) in [6.07, 6.45) is 6.57. The molecule has 1 aromatic carbocycles. The molecule has 0 saturated heterocycles. The van der Waals surface area contributed by atoms with Crippen molar-refractivity contribution >= 4 is 39.5 Å². The number of rotatable bonds is 8. The molecule has 1 fully saturated rings. The van der Waals surface area contributed by atoms with Crippen molar-refractivity contribution in [1.29, 1.82) is 0 Å². The fourth-order valence-corrected chi connectivity index (χ4v) is 6.51. The van der Waals surface area contributed by atoms with Crippen LogP contribution in [0.3, 0.4) is 0 Å². The van der Waals surface area contributed by atoms with Gasteiger partial charge in [0.15, 0.2) is 29.2 Å². The van der Waals surface area contributed by atoms with Gasteiger partial charge in [-0.15, -0.1) is 0 Å². The lowest BCUT2D eigenvalue weighted by Crippen LogP contribution is -2.37. The van der Waals surface area contributed by atoms with E-state index in [4.69, 9.17) is 19.6 Å². The van der Waals surface area contributed by atoms with Crippen molar-refractivity contribution in [2.24, 2.45) is 16.6 Å². The van der Waals surface area contributed by atoms with Crippen molar-refractivity contribution in [3.63, 3.8) is 0 Å². The minimum Gasteiger partial charge on any atom is -0.482 e. The van der Waals surface area contributed by atoms with Gasteiger partial charge in [-0.1, -0.05) is 11.8 Å². The monoisotopic (exact) mass is 539 g/mol. The molecule has 10 nitrogen and oxygen atoms in total. The smallest absolute Gasteiger partial charge is 0.232 e. The Labute approximate surface area is 220 Å². The molecule has 0 radical (unpaired) electrons. The third kappa shape index (κ3) is 4.21. The molecule has 6 rings (SSSR count). The summed E-state index contributed by atoms with van der Waals surface area (Å²) in [6.45, 7) is 2.36. The van der Waals surface area contributed by atoms with Gasteiger partial charge in [-0.2, -0.15) is 0 Å². The maximum absolute atomic E-state index is 15.2. The second-order valence-corrected chi connectivity index (χ2v) is 10.8. The van der Waals surface area contributed by atoms with Gasteiger partial charge in [-0.05, 0) is 19.4 Å². The number of nitrogens with one attached hydrogen (secondary N) is 1. The molecule has 2 aliphatic rings. The Bertz CT molecular complexity index is 1550. The highest BCUT2D eigenvalue weighted by molar-refractivity contribution is 8.15. The van der Waals surface area contributed by atoms with Crippen LogP contribution in [0.1, 0.15) is 24.8 Å². The van der Waals surface area contributed by atoms with E-state index in [9.17, 15) is 4.39 Å². The van der Waals surface area contributed by atoms with Crippen molar-refractivity contribution in [3.8, 4) is 5.75 Å². The number of hydrogen-bond acceptors (Lipinski definition) is 11. The van der Waals surface area contributed by atoms with Crippen LogP contribution in [0.5, 0.6) is 5.75 Å². The van der Waals surface area contributed by atoms with Crippen molar-refractivity contribution < 1.29 is 22.7 Å². The average molecular weight is 540 g/mol. The predicted octanol–water partition coefficient (Wildman–Crippen LogP) is 4.30. The molecular formula is C25H23F2N7O3S. The number of amidine groups is 1. The molecule has 13 heteroatoms. The number of fused-ring (bicyclic) bond motifs is 2. The summed E-state index contributed by atoms with van der Waals surface area (Å²) in [6, 6.07) is 4.31. The number of thioether (sulfide) groups is 1. The molecule has 3 atom stereocenters. The quantitative estimate of drug-likeness (QED) is 0.334. The van der Waals surface area contributed by atoms with Crippen LogP contribution in [-0.2, 0) is 16.9 Å². The zero-order valence-corrected chi connectivity index (χ0v) is 21.3. The standard InChI is InChI=1S/C25H23F2N7O3S/c1-24(18-8-25(18,11-35-2)38-23(28)34-24)15-5-13(6-16(26)20(15)27)33-22-21-17(31-12-32-22)7-14(9-30-21)37-10-19-29-3-4-36-19/h3-7,9,12,18H,8,10-11H2,1-2H3,(H2,28,34)(H,31,32,33)/t18-,24+,25+/m0/s1. The van der Waals surface area contributed by atoms with Gasteiger partial charge >= 0.3 is 0 Å². The molecule has 38 heavy (non-hydrogen) atoms. The SMILES string of the molecule is COC[C@]12C[C@H]1[C@@](C)(c1cc(Nc3ncnc4cc(OCc5ncco5)cnc34)cc(F)c1F)N=C(N)S2. The van der Waals surface area contributed by atoms with Gasteiger partial charge in [-0.25, -0.2) is 28.7 Å². The van der Waals surface area contributed by atoms with E-state index in [0.29, 0.717) is 40.3 Å². The van der Waals surface area contributed by atoms with Crippen LogP contribution in [-0.4, -0.2) is 43.6 Å². The van der Waals surface area contributed by atoms with Gasteiger partial charge in [0.25, 0.3) is 0 Å². The maximum Gasteiger partial charge on any atom is 0.232 e. The fraction of sp³-hybridized carbons (Fsp3) is 0.320. The highest BCUT2D eigenvalue weighted by Gasteiger charge is 2.66. The van der Waals surface area contributed by atoms with Crippen molar-refractivity contribution in [2.45, 2.75) is 30.2 Å². The largest absolute Gasteiger partial charge is 0.482 e. The molecule has 1 saturated carbocycles. The number of ether oxygens (including phenoxy) is 2. The average Bonchev–Trinajstić information content (AvgIpc) is 3.36. The number of benzene rings is 1. The van der Waals surface area contributed by atoms with E-state index < -0.39 is 17.2 Å². The Morgan fingerprint density at radius 3 is 2.87 bits per heavy atom. The number of nitrogens with zero attached hydrogens (tertiary/aromatic N) is 5. The van der Waals surface area contributed by atoms with E-state index in [1.165, 1.54) is 36.7 Å². The van der Waals surface area contributed by atoms with Crippen molar-refractivity contribution in [3.05, 3.63) is 66.3 Å². The normalized spacial score (nSPS) is 24.1. The molecule has 196 valence electrons. The third-order valence-electron chi connectivity index (χ3n) is 6.87. The summed E-state index contributed by atoms with van der Waals surface area (Å²) >= 11 is 1.43. The number of aliphatic imine (C=N–C) groups is 1. The highest BCUT2D eigenvalue weighted by atomic mass is 32.2. The van der Waals surface area contributed by atoms with Crippen LogP contribution in [0.4, 0.5) is 20.3 Å². The van der Waals surface area contributed by atoms with Crippen LogP contribution >= 0.6 is 11.8 Å². The number of aromatic nitrogens is 4. The molecule has 1 aliphatic heterocycles. The van der Waals surface area contributed by atoms with E-state index in [-0.39, 0.29) is 28.5 Å². The van der Waals surface area contributed by atoms with Gasteiger partial charge in [0, 0.05) is 36.4 Å². The second-order valence-electron chi connectivity index (χ2n) is 9.37. The van der Waals surface area contributed by atoms with Crippen LogP contribution < -0.4 is 15.8 Å². The number of halogens is 2. The lowest BCUT2D eigenvalue weighted by molar-refractivity contribution is 0.184. The Morgan fingerprint density at radius 2 is 2.08 bits per heavy atom. The predicted molar refractivity (Wildman–Crippen MR) is 137 cm³/mol. The molecule has 1 aliphatic carbocycles. The van der Waals surface area contributed by atoms with Gasteiger partial charge in [0.05, 0.1) is 34.8 Å². The van der Waals surface area contributed by atoms with Gasteiger partial charge < -0.3 is 24.9 Å². The molecule has 0 unspecified atom stereocenters. The van der Waals surface area contributed by atoms with Crippen LogP contribution in [0.25, 0.3) is 11.0 Å². The van der Waals surface area contributed by atoms with Crippen LogP contribution in [0.2, 0.25) is 0 Å². The topological polar surface area (TPSA) is 134 Å². The van der Waals surface area contributed by atoms with Gasteiger partial charge in [-0.3, -0.25) is 4.99 Å². The lowest BCUT2D eigenvalue weighted by atomic mass is 9.85. The summed E-state index contributed by atoms with van der Waals surface area (Å²) in [5.41, 5.74) is 6.39. The van der Waals surface area contributed by atoms with Crippen molar-refractivity contribution in [1.82, 2.24) is 19.9 Å². The maximum atomic E-state index is 15.2. The van der Waals surface area contributed by atoms with E-state index in [1.54, 1.807) is 26.2 Å². The second kappa shape index (κ2) is 9.17. The zero-order valence-electron chi connectivity index (χ0n) is 20.4. The first-order chi connectivity index (χ1) is 18.3. The summed E-state index contributed by atoms with van der Waals surface area (Å²) in [4.78, 5) is 21.5. The summed E-state index contributed by atoms with van der Waals surface area (Å²) in [7, 11) is 1.61. The number of nitrogens with two attached hydrogens (primary N) is 1. The Morgan fingerprint density at radius 1 is 1.21 bits per heavy atom. The number of hydrogen-bond donors (Lipinski definition) is 2. The molecule has 0 bridgehead atoms. The number of oxazole rings is 1. The number of methoxy groups -OCH3 is 1. The van der Waals surface area contributed by atoms with Crippen LogP contribution in [0.15, 0.2) is 52.6 Å². The molecule has 3 N–H and O–H groups in total. The number of anilines is 2. The minimum absolute atomic E-state index is 0.0623. The first kappa shape index (κ1) is 24.5. The lowest BCUT2D eigenvalue weighted by Gasteiger charge is -2.34. The molecule has 4 heterocycles. The summed E-state index contributed by atoms with van der Waals surface area (Å²) in [5.74, 6) is -0.835. The molecule has 4 aromatic rings. The Balaban J connectivity index is 1.31. The Hall–Kier alpha value is -3.84. The third-order valence-corrected chi connectivity index (χ3v) is 8.15. The summed E-state index contributed by atoms with van der Waals surface area (Å²) < 4.78 is 46.1. The fourth-order valence-electron chi connectivity index (χ4n) is 5.06. The first-order valence-corrected chi connectivity index (χ1v) is 12.5. The van der Waals surface area contributed by atoms with Gasteiger partial charge in [0.2, 0.25) is 5.89 Å². The van der Waals surface area contributed by atoms with E-state index in [2.05, 4.69) is 30.2 Å².